The highest BCUT2D eigenvalue weighted by Crippen LogP contribution is 2.34. The van der Waals surface area contributed by atoms with Crippen LogP contribution < -0.4 is 25.3 Å². The Hall–Kier alpha value is -2.60. The summed E-state index contributed by atoms with van der Waals surface area (Å²) in [5.74, 6) is 1.60. The molecule has 6 nitrogen and oxygen atoms in total. The topological polar surface area (TPSA) is 82.8 Å². The fourth-order valence-electron chi connectivity index (χ4n) is 2.46. The van der Waals surface area contributed by atoms with Crippen molar-refractivity contribution in [3.8, 4) is 17.2 Å². The number of nitrogens with one attached hydrogen (secondary N) is 1. The number of benzene rings is 2. The quantitative estimate of drug-likeness (QED) is 0.747. The Morgan fingerprint density at radius 3 is 2.04 bits per heavy atom. The Morgan fingerprint density at radius 2 is 1.50 bits per heavy atom. The number of halogens is 1. The second-order valence-corrected chi connectivity index (χ2v) is 6.11. The van der Waals surface area contributed by atoms with Crippen LogP contribution in [-0.4, -0.2) is 27.2 Å². The zero-order valence-corrected chi connectivity index (χ0v) is 16.4. The van der Waals surface area contributed by atoms with E-state index in [1.807, 2.05) is 19.9 Å². The van der Waals surface area contributed by atoms with Crippen molar-refractivity contribution in [3.63, 3.8) is 0 Å². The van der Waals surface area contributed by atoms with Crippen LogP contribution in [0.4, 0.5) is 11.4 Å². The minimum absolute atomic E-state index is 0. The molecule has 0 aliphatic heterocycles. The van der Waals surface area contributed by atoms with Gasteiger partial charge in [0.05, 0.1) is 32.4 Å². The Bertz CT molecular complexity index is 778. The van der Waals surface area contributed by atoms with Gasteiger partial charge in [0.15, 0.2) is 11.5 Å². The zero-order chi connectivity index (χ0) is 18.6. The monoisotopic (exact) mass is 380 g/mol. The standard InChI is InChI=1S/C19H24N2O4.ClH/c1-19(2,12-6-8-16(24-4)17(10-12)25-5)18(22)21-13-7-9-15(23-3)14(20)11-13;/h6-11H,20H2,1-5H3,(H,21,22);1H. The molecule has 0 atom stereocenters. The molecule has 0 radical (unpaired) electrons. The number of nitrogens with two attached hydrogens (primary N) is 1. The molecule has 0 saturated carbocycles. The summed E-state index contributed by atoms with van der Waals surface area (Å²) < 4.78 is 15.7. The predicted octanol–water partition coefficient (Wildman–Crippen LogP) is 3.63. The van der Waals surface area contributed by atoms with Gasteiger partial charge in [-0.3, -0.25) is 4.79 Å². The molecule has 0 spiro atoms. The summed E-state index contributed by atoms with van der Waals surface area (Å²) >= 11 is 0. The molecule has 0 aromatic heterocycles. The first-order chi connectivity index (χ1) is 11.8. The van der Waals surface area contributed by atoms with E-state index in [1.165, 1.54) is 0 Å². The van der Waals surface area contributed by atoms with Gasteiger partial charge in [0.25, 0.3) is 0 Å². The average Bonchev–Trinajstić information content (AvgIpc) is 2.61. The van der Waals surface area contributed by atoms with E-state index in [4.69, 9.17) is 19.9 Å². The van der Waals surface area contributed by atoms with Crippen LogP contribution in [0, 0.1) is 0 Å². The Balaban J connectivity index is 0.00000338. The third-order valence-electron chi connectivity index (χ3n) is 4.16. The number of carbonyl (C=O) groups is 1. The van der Waals surface area contributed by atoms with Crippen molar-refractivity contribution in [2.24, 2.45) is 0 Å². The lowest BCUT2D eigenvalue weighted by molar-refractivity contribution is -0.120. The largest absolute Gasteiger partial charge is 0.495 e. The van der Waals surface area contributed by atoms with Crippen LogP contribution in [0.5, 0.6) is 17.2 Å². The molecule has 26 heavy (non-hydrogen) atoms. The Morgan fingerprint density at radius 1 is 0.923 bits per heavy atom. The first-order valence-electron chi connectivity index (χ1n) is 7.81. The Kier molecular flexibility index (Phi) is 7.15. The number of hydrogen-bond donors (Lipinski definition) is 2. The van der Waals surface area contributed by atoms with Gasteiger partial charge in [-0.15, -0.1) is 12.4 Å². The molecule has 3 N–H and O–H groups in total. The maximum atomic E-state index is 12.8. The van der Waals surface area contributed by atoms with Crippen molar-refractivity contribution in [1.82, 2.24) is 0 Å². The first kappa shape index (κ1) is 21.4. The van der Waals surface area contributed by atoms with E-state index in [9.17, 15) is 4.79 Å². The maximum absolute atomic E-state index is 12.8. The summed E-state index contributed by atoms with van der Waals surface area (Å²) in [5.41, 5.74) is 6.99. The van der Waals surface area contributed by atoms with Crippen LogP contribution >= 0.6 is 12.4 Å². The molecule has 1 amide bonds. The van der Waals surface area contributed by atoms with Gasteiger partial charge in [-0.25, -0.2) is 0 Å². The summed E-state index contributed by atoms with van der Waals surface area (Å²) in [6.45, 7) is 3.69. The van der Waals surface area contributed by atoms with Crippen molar-refractivity contribution in [2.75, 3.05) is 32.4 Å². The fourth-order valence-corrected chi connectivity index (χ4v) is 2.46. The second-order valence-electron chi connectivity index (χ2n) is 6.11. The molecule has 2 aromatic carbocycles. The molecule has 0 saturated heterocycles. The number of rotatable bonds is 6. The molecule has 7 heteroatoms. The molecule has 0 unspecified atom stereocenters. The van der Waals surface area contributed by atoms with E-state index in [0.29, 0.717) is 28.6 Å². The average molecular weight is 381 g/mol. The van der Waals surface area contributed by atoms with Gasteiger partial charge < -0.3 is 25.3 Å². The molecule has 0 heterocycles. The number of methoxy groups -OCH3 is 3. The third-order valence-corrected chi connectivity index (χ3v) is 4.16. The van der Waals surface area contributed by atoms with E-state index in [2.05, 4.69) is 5.32 Å². The highest BCUT2D eigenvalue weighted by molar-refractivity contribution is 5.99. The van der Waals surface area contributed by atoms with E-state index >= 15 is 0 Å². The van der Waals surface area contributed by atoms with Crippen LogP contribution in [-0.2, 0) is 10.2 Å². The second kappa shape index (κ2) is 8.67. The third kappa shape index (κ3) is 4.32. The van der Waals surface area contributed by atoms with E-state index in [1.54, 1.807) is 51.7 Å². The first-order valence-corrected chi connectivity index (χ1v) is 7.81. The van der Waals surface area contributed by atoms with Crippen LogP contribution in [0.25, 0.3) is 0 Å². The number of ether oxygens (including phenoxy) is 3. The smallest absolute Gasteiger partial charge is 0.234 e. The van der Waals surface area contributed by atoms with E-state index in [0.717, 1.165) is 5.56 Å². The minimum atomic E-state index is -0.783. The predicted molar refractivity (Wildman–Crippen MR) is 106 cm³/mol. The lowest BCUT2D eigenvalue weighted by Gasteiger charge is -2.25. The summed E-state index contributed by atoms with van der Waals surface area (Å²) in [7, 11) is 4.68. The molecule has 0 aliphatic rings. The number of hydrogen-bond acceptors (Lipinski definition) is 5. The Labute approximate surface area is 160 Å². The molecule has 0 fully saturated rings. The van der Waals surface area contributed by atoms with Crippen LogP contribution in [0.15, 0.2) is 36.4 Å². The van der Waals surface area contributed by atoms with Crippen molar-refractivity contribution < 1.29 is 19.0 Å². The van der Waals surface area contributed by atoms with Crippen molar-refractivity contribution >= 4 is 29.7 Å². The van der Waals surface area contributed by atoms with Gasteiger partial charge in [-0.2, -0.15) is 0 Å². The van der Waals surface area contributed by atoms with Crippen molar-refractivity contribution in [3.05, 3.63) is 42.0 Å². The molecular formula is C19H25ClN2O4. The summed E-state index contributed by atoms with van der Waals surface area (Å²) in [5, 5.41) is 2.89. The summed E-state index contributed by atoms with van der Waals surface area (Å²) in [4.78, 5) is 12.8. The van der Waals surface area contributed by atoms with Gasteiger partial charge in [-0.05, 0) is 49.7 Å². The highest BCUT2D eigenvalue weighted by Gasteiger charge is 2.31. The number of carbonyl (C=O) groups excluding carboxylic acids is 1. The van der Waals surface area contributed by atoms with Crippen LogP contribution in [0.1, 0.15) is 19.4 Å². The van der Waals surface area contributed by atoms with Crippen molar-refractivity contribution in [1.29, 1.82) is 0 Å². The lowest BCUT2D eigenvalue weighted by Crippen LogP contribution is -2.34. The van der Waals surface area contributed by atoms with Gasteiger partial charge in [0, 0.05) is 5.69 Å². The number of anilines is 2. The van der Waals surface area contributed by atoms with Gasteiger partial charge in [0.2, 0.25) is 5.91 Å². The minimum Gasteiger partial charge on any atom is -0.495 e. The molecule has 2 rings (SSSR count). The highest BCUT2D eigenvalue weighted by atomic mass is 35.5. The lowest BCUT2D eigenvalue weighted by atomic mass is 9.83. The van der Waals surface area contributed by atoms with Crippen molar-refractivity contribution in [2.45, 2.75) is 19.3 Å². The molecule has 2 aromatic rings. The fraction of sp³-hybridized carbons (Fsp3) is 0.316. The summed E-state index contributed by atoms with van der Waals surface area (Å²) in [6.07, 6.45) is 0. The zero-order valence-electron chi connectivity index (χ0n) is 15.6. The van der Waals surface area contributed by atoms with E-state index < -0.39 is 5.41 Å². The maximum Gasteiger partial charge on any atom is 0.234 e. The molecule has 0 aliphatic carbocycles. The molecule has 0 bridgehead atoms. The SMILES string of the molecule is COc1ccc(NC(=O)C(C)(C)c2ccc(OC)c(OC)c2)cc1N.Cl. The van der Waals surface area contributed by atoms with E-state index in [-0.39, 0.29) is 18.3 Å². The molecule has 142 valence electrons. The van der Waals surface area contributed by atoms with Gasteiger partial charge in [-0.1, -0.05) is 6.07 Å². The summed E-state index contributed by atoms with van der Waals surface area (Å²) in [6, 6.07) is 10.6. The number of amides is 1. The number of nitrogen functional groups attached to an aromatic ring is 1. The normalized spacial score (nSPS) is 10.5. The molecular weight excluding hydrogens is 356 g/mol. The van der Waals surface area contributed by atoms with Crippen LogP contribution in [0.3, 0.4) is 0 Å². The van der Waals surface area contributed by atoms with Gasteiger partial charge in [0.1, 0.15) is 5.75 Å². The van der Waals surface area contributed by atoms with Crippen LogP contribution in [0.2, 0.25) is 0 Å². The van der Waals surface area contributed by atoms with Gasteiger partial charge >= 0.3 is 0 Å².